The highest BCUT2D eigenvalue weighted by Crippen LogP contribution is 2.20. The van der Waals surface area contributed by atoms with Crippen LogP contribution < -0.4 is 10.6 Å². The number of hydrogen-bond donors (Lipinski definition) is 2. The molecule has 2 aromatic heterocycles. The number of thiazole rings is 1. The van der Waals surface area contributed by atoms with Gasteiger partial charge in [0.25, 0.3) is 5.91 Å². The second-order valence-corrected chi connectivity index (χ2v) is 8.03. The highest BCUT2D eigenvalue weighted by atomic mass is 79.9. The zero-order valence-electron chi connectivity index (χ0n) is 13.3. The third-order valence-corrected chi connectivity index (χ3v) is 5.82. The fourth-order valence-corrected chi connectivity index (χ4v) is 4.21. The summed E-state index contributed by atoms with van der Waals surface area (Å²) in [5.74, 6) is -1.33. The van der Waals surface area contributed by atoms with E-state index in [2.05, 4.69) is 31.5 Å². The van der Waals surface area contributed by atoms with Gasteiger partial charge in [0.15, 0.2) is 5.13 Å². The summed E-state index contributed by atoms with van der Waals surface area (Å²) in [6.07, 6.45) is 0.110. The Hall–Kier alpha value is -2.10. The number of carbonyl (C=O) groups is 2. The first kappa shape index (κ1) is 18.7. The first-order valence-electron chi connectivity index (χ1n) is 7.51. The van der Waals surface area contributed by atoms with Gasteiger partial charge in [-0.2, -0.15) is 0 Å². The molecule has 0 spiro atoms. The molecule has 2 N–H and O–H groups in total. The molecule has 0 atom stereocenters. The van der Waals surface area contributed by atoms with Crippen LogP contribution in [0.1, 0.15) is 20.9 Å². The average molecular weight is 454 g/mol. The molecule has 0 bridgehead atoms. The zero-order valence-corrected chi connectivity index (χ0v) is 16.5. The highest BCUT2D eigenvalue weighted by molar-refractivity contribution is 9.10. The van der Waals surface area contributed by atoms with E-state index in [-0.39, 0.29) is 17.9 Å². The molecule has 0 saturated carbocycles. The summed E-state index contributed by atoms with van der Waals surface area (Å²) in [4.78, 5) is 29.3. The third kappa shape index (κ3) is 4.96. The molecule has 0 radical (unpaired) electrons. The van der Waals surface area contributed by atoms with Gasteiger partial charge in [0.2, 0.25) is 5.91 Å². The Balaban J connectivity index is 1.53. The molecule has 3 aromatic rings. The normalized spacial score (nSPS) is 10.5. The van der Waals surface area contributed by atoms with Crippen molar-refractivity contribution in [2.45, 2.75) is 13.0 Å². The topological polar surface area (TPSA) is 71.1 Å². The smallest absolute Gasteiger partial charge is 0.260 e. The largest absolute Gasteiger partial charge is 0.351 e. The fourth-order valence-electron chi connectivity index (χ4n) is 2.11. The minimum absolute atomic E-state index is 0.0518. The molecule has 0 fully saturated rings. The van der Waals surface area contributed by atoms with Gasteiger partial charge in [-0.05, 0) is 34.1 Å². The molecule has 134 valence electrons. The van der Waals surface area contributed by atoms with Crippen molar-refractivity contribution in [2.75, 3.05) is 5.32 Å². The number of nitrogens with one attached hydrogen (secondary N) is 2. The van der Waals surface area contributed by atoms with Crippen LogP contribution in [0, 0.1) is 5.82 Å². The molecular weight excluding hydrogens is 441 g/mol. The molecule has 3 rings (SSSR count). The lowest BCUT2D eigenvalue weighted by atomic mass is 10.2. The van der Waals surface area contributed by atoms with Gasteiger partial charge in [-0.25, -0.2) is 9.37 Å². The number of rotatable bonds is 6. The van der Waals surface area contributed by atoms with E-state index in [1.807, 2.05) is 11.4 Å². The van der Waals surface area contributed by atoms with E-state index in [9.17, 15) is 14.0 Å². The van der Waals surface area contributed by atoms with Crippen LogP contribution in [0.3, 0.4) is 0 Å². The van der Waals surface area contributed by atoms with Gasteiger partial charge in [0.1, 0.15) is 5.82 Å². The predicted molar refractivity (Wildman–Crippen MR) is 104 cm³/mol. The van der Waals surface area contributed by atoms with Gasteiger partial charge in [0.05, 0.1) is 24.2 Å². The molecule has 0 aliphatic rings. The lowest BCUT2D eigenvalue weighted by Crippen LogP contribution is -2.24. The van der Waals surface area contributed by atoms with Gasteiger partial charge >= 0.3 is 0 Å². The van der Waals surface area contributed by atoms with E-state index in [1.54, 1.807) is 22.8 Å². The van der Waals surface area contributed by atoms with Crippen molar-refractivity contribution in [3.05, 3.63) is 67.5 Å². The number of amides is 2. The van der Waals surface area contributed by atoms with E-state index in [4.69, 9.17) is 0 Å². The van der Waals surface area contributed by atoms with Crippen molar-refractivity contribution in [3.63, 3.8) is 0 Å². The summed E-state index contributed by atoms with van der Waals surface area (Å²) in [6, 6.07) is 7.67. The average Bonchev–Trinajstić information content (AvgIpc) is 3.22. The van der Waals surface area contributed by atoms with Gasteiger partial charge in [-0.1, -0.05) is 12.1 Å². The van der Waals surface area contributed by atoms with E-state index >= 15 is 0 Å². The van der Waals surface area contributed by atoms with Crippen molar-refractivity contribution in [2.24, 2.45) is 0 Å². The maximum absolute atomic E-state index is 13.6. The van der Waals surface area contributed by atoms with Gasteiger partial charge in [0, 0.05) is 20.1 Å². The highest BCUT2D eigenvalue weighted by Gasteiger charge is 2.14. The summed E-state index contributed by atoms with van der Waals surface area (Å²) in [6.45, 7) is 0.454. The Morgan fingerprint density at radius 2 is 2.00 bits per heavy atom. The van der Waals surface area contributed by atoms with Crippen molar-refractivity contribution >= 4 is 55.5 Å². The summed E-state index contributed by atoms with van der Waals surface area (Å²) in [5, 5.41) is 9.33. The molecule has 0 unspecified atom stereocenters. The maximum atomic E-state index is 13.6. The van der Waals surface area contributed by atoms with Crippen LogP contribution in [0.2, 0.25) is 0 Å². The van der Waals surface area contributed by atoms with Crippen LogP contribution in [-0.4, -0.2) is 16.8 Å². The molecule has 0 aliphatic carbocycles. The van der Waals surface area contributed by atoms with Gasteiger partial charge in [-0.15, -0.1) is 22.7 Å². The number of anilines is 1. The summed E-state index contributed by atoms with van der Waals surface area (Å²) in [7, 11) is 0. The number of thiophene rings is 1. The molecule has 26 heavy (non-hydrogen) atoms. The number of aromatic nitrogens is 1. The summed E-state index contributed by atoms with van der Waals surface area (Å²) in [5.41, 5.74) is 0.493. The standard InChI is InChI=1S/C17H13BrFN3O2S2/c18-10-5-12(25-8-10)7-20-15(23)6-11-9-26-17(21-11)22-16(24)13-3-1-2-4-14(13)19/h1-5,8-9H,6-7H2,(H,20,23)(H,21,22,24). The Morgan fingerprint density at radius 1 is 1.19 bits per heavy atom. The van der Waals surface area contributed by atoms with E-state index in [0.717, 1.165) is 9.35 Å². The van der Waals surface area contributed by atoms with Crippen molar-refractivity contribution < 1.29 is 14.0 Å². The number of nitrogens with zero attached hydrogens (tertiary/aromatic N) is 1. The molecular formula is C17H13BrFN3O2S2. The number of hydrogen-bond acceptors (Lipinski definition) is 5. The molecule has 2 amide bonds. The van der Waals surface area contributed by atoms with Crippen LogP contribution in [0.15, 0.2) is 45.6 Å². The minimum Gasteiger partial charge on any atom is -0.351 e. The molecule has 0 aliphatic heterocycles. The summed E-state index contributed by atoms with van der Waals surface area (Å²) < 4.78 is 14.6. The van der Waals surface area contributed by atoms with E-state index in [0.29, 0.717) is 17.4 Å². The second kappa shape index (κ2) is 8.52. The number of benzene rings is 1. The molecule has 1 aromatic carbocycles. The zero-order chi connectivity index (χ0) is 18.5. The van der Waals surface area contributed by atoms with Gasteiger partial charge in [-0.3, -0.25) is 14.9 Å². The molecule has 2 heterocycles. The fraction of sp³-hybridized carbons (Fsp3) is 0.118. The number of carbonyl (C=O) groups excluding carboxylic acids is 2. The van der Waals surface area contributed by atoms with Crippen molar-refractivity contribution in [3.8, 4) is 0 Å². The van der Waals surface area contributed by atoms with Crippen LogP contribution in [-0.2, 0) is 17.8 Å². The Morgan fingerprint density at radius 3 is 2.73 bits per heavy atom. The quantitative estimate of drug-likeness (QED) is 0.586. The second-order valence-electron chi connectivity index (χ2n) is 5.26. The van der Waals surface area contributed by atoms with Crippen molar-refractivity contribution in [1.29, 1.82) is 0 Å². The van der Waals surface area contributed by atoms with Gasteiger partial charge < -0.3 is 5.32 Å². The molecule has 5 nitrogen and oxygen atoms in total. The maximum Gasteiger partial charge on any atom is 0.260 e. The van der Waals surface area contributed by atoms with E-state index < -0.39 is 11.7 Å². The minimum atomic E-state index is -0.596. The lowest BCUT2D eigenvalue weighted by Gasteiger charge is -2.03. The first-order valence-corrected chi connectivity index (χ1v) is 10.1. The monoisotopic (exact) mass is 453 g/mol. The number of halogens is 2. The molecule has 9 heteroatoms. The van der Waals surface area contributed by atoms with E-state index in [1.165, 1.54) is 29.5 Å². The lowest BCUT2D eigenvalue weighted by molar-refractivity contribution is -0.120. The first-order chi connectivity index (χ1) is 12.5. The Bertz CT molecular complexity index is 941. The third-order valence-electron chi connectivity index (χ3n) is 3.31. The Kier molecular flexibility index (Phi) is 6.12. The van der Waals surface area contributed by atoms with Crippen LogP contribution in [0.4, 0.5) is 9.52 Å². The molecule has 0 saturated heterocycles. The van der Waals surface area contributed by atoms with Crippen LogP contribution >= 0.6 is 38.6 Å². The Labute approximate surface area is 165 Å². The van der Waals surface area contributed by atoms with Crippen LogP contribution in [0.25, 0.3) is 0 Å². The van der Waals surface area contributed by atoms with Crippen molar-refractivity contribution in [1.82, 2.24) is 10.3 Å². The SMILES string of the molecule is O=C(Cc1csc(NC(=O)c2ccccc2F)n1)NCc1cc(Br)cs1. The predicted octanol–water partition coefficient (Wildman–Crippen LogP) is 4.22. The van der Waals surface area contributed by atoms with Crippen LogP contribution in [0.5, 0.6) is 0 Å². The summed E-state index contributed by atoms with van der Waals surface area (Å²) >= 11 is 6.11.